The first-order valence-electron chi connectivity index (χ1n) is 7.71. The summed E-state index contributed by atoms with van der Waals surface area (Å²) in [4.78, 5) is 11.9. The van der Waals surface area contributed by atoms with Crippen molar-refractivity contribution in [3.05, 3.63) is 83.9 Å². The van der Waals surface area contributed by atoms with Crippen LogP contribution in [0.5, 0.6) is 17.2 Å². The van der Waals surface area contributed by atoms with E-state index >= 15 is 0 Å². The van der Waals surface area contributed by atoms with Gasteiger partial charge in [0.15, 0.2) is 6.61 Å². The summed E-state index contributed by atoms with van der Waals surface area (Å²) in [5, 5.41) is 3.19. The van der Waals surface area contributed by atoms with Crippen LogP contribution in [0.15, 0.2) is 78.9 Å². The fourth-order valence-corrected chi connectivity index (χ4v) is 2.31. The van der Waals surface area contributed by atoms with Crippen molar-refractivity contribution in [1.82, 2.24) is 0 Å². The Kier molecular flexibility index (Phi) is 5.54. The van der Waals surface area contributed by atoms with Crippen LogP contribution in [0.25, 0.3) is 0 Å². The van der Waals surface area contributed by atoms with Gasteiger partial charge in [0.25, 0.3) is 5.91 Å². The van der Waals surface area contributed by atoms with Crippen molar-refractivity contribution in [2.24, 2.45) is 0 Å². The van der Waals surface area contributed by atoms with Gasteiger partial charge in [-0.3, -0.25) is 4.79 Å². The summed E-state index contributed by atoms with van der Waals surface area (Å²) in [6.45, 7) is -0.107. The molecule has 0 aromatic heterocycles. The SMILES string of the molecule is O=C(COc1ccc(Oc2ccccc2)cc1)Nc1ccccc1Cl. The molecule has 0 radical (unpaired) electrons. The molecule has 3 rings (SSSR count). The molecule has 0 saturated carbocycles. The Morgan fingerprint density at radius 2 is 1.40 bits per heavy atom. The number of rotatable bonds is 6. The van der Waals surface area contributed by atoms with E-state index in [4.69, 9.17) is 21.1 Å². The average Bonchev–Trinajstić information content (AvgIpc) is 2.64. The van der Waals surface area contributed by atoms with E-state index in [-0.39, 0.29) is 12.5 Å². The normalized spacial score (nSPS) is 10.1. The lowest BCUT2D eigenvalue weighted by atomic mass is 10.3. The lowest BCUT2D eigenvalue weighted by molar-refractivity contribution is -0.118. The van der Waals surface area contributed by atoms with E-state index in [0.29, 0.717) is 22.2 Å². The average molecular weight is 354 g/mol. The van der Waals surface area contributed by atoms with Crippen molar-refractivity contribution < 1.29 is 14.3 Å². The third-order valence-corrected chi connectivity index (χ3v) is 3.65. The summed E-state index contributed by atoms with van der Waals surface area (Å²) in [7, 11) is 0. The topological polar surface area (TPSA) is 47.6 Å². The zero-order valence-electron chi connectivity index (χ0n) is 13.3. The first-order chi connectivity index (χ1) is 12.2. The number of amides is 1. The first-order valence-corrected chi connectivity index (χ1v) is 8.09. The minimum atomic E-state index is -0.280. The van der Waals surface area contributed by atoms with Crippen LogP contribution in [-0.4, -0.2) is 12.5 Å². The highest BCUT2D eigenvalue weighted by Crippen LogP contribution is 2.24. The number of hydrogen-bond acceptors (Lipinski definition) is 3. The van der Waals surface area contributed by atoms with Crippen molar-refractivity contribution in [3.63, 3.8) is 0 Å². The second-order valence-electron chi connectivity index (χ2n) is 5.20. The smallest absolute Gasteiger partial charge is 0.262 e. The summed E-state index contributed by atoms with van der Waals surface area (Å²) < 4.78 is 11.2. The number of carbonyl (C=O) groups is 1. The van der Waals surface area contributed by atoms with Crippen LogP contribution < -0.4 is 14.8 Å². The zero-order chi connectivity index (χ0) is 17.5. The highest BCUT2D eigenvalue weighted by atomic mass is 35.5. The van der Waals surface area contributed by atoms with E-state index in [0.717, 1.165) is 5.75 Å². The van der Waals surface area contributed by atoms with E-state index in [9.17, 15) is 4.79 Å². The second kappa shape index (κ2) is 8.22. The van der Waals surface area contributed by atoms with Crippen molar-refractivity contribution in [3.8, 4) is 17.2 Å². The Bertz CT molecular complexity index is 835. The van der Waals surface area contributed by atoms with Gasteiger partial charge in [0, 0.05) is 0 Å². The molecule has 0 aliphatic heterocycles. The molecule has 5 heteroatoms. The van der Waals surface area contributed by atoms with Crippen molar-refractivity contribution in [2.75, 3.05) is 11.9 Å². The second-order valence-corrected chi connectivity index (χ2v) is 5.61. The van der Waals surface area contributed by atoms with Crippen molar-refractivity contribution in [2.45, 2.75) is 0 Å². The van der Waals surface area contributed by atoms with Crippen LogP contribution in [0.3, 0.4) is 0 Å². The Labute approximate surface area is 151 Å². The number of carbonyl (C=O) groups excluding carboxylic acids is 1. The Hall–Kier alpha value is -2.98. The molecule has 0 atom stereocenters. The quantitative estimate of drug-likeness (QED) is 0.666. The fourth-order valence-electron chi connectivity index (χ4n) is 2.13. The monoisotopic (exact) mass is 353 g/mol. The molecule has 0 bridgehead atoms. The highest BCUT2D eigenvalue weighted by molar-refractivity contribution is 6.33. The van der Waals surface area contributed by atoms with E-state index in [2.05, 4.69) is 5.32 Å². The molecule has 3 aromatic carbocycles. The summed E-state index contributed by atoms with van der Waals surface area (Å²) in [5.41, 5.74) is 0.560. The zero-order valence-corrected chi connectivity index (χ0v) is 14.1. The van der Waals surface area contributed by atoms with E-state index in [1.807, 2.05) is 30.3 Å². The van der Waals surface area contributed by atoms with E-state index in [1.165, 1.54) is 0 Å². The fraction of sp³-hybridized carbons (Fsp3) is 0.0500. The third kappa shape index (κ3) is 4.99. The lowest BCUT2D eigenvalue weighted by Crippen LogP contribution is -2.20. The molecule has 0 unspecified atom stereocenters. The molecule has 0 spiro atoms. The molecule has 0 aliphatic rings. The van der Waals surface area contributed by atoms with Crippen LogP contribution in [0.1, 0.15) is 0 Å². The van der Waals surface area contributed by atoms with Gasteiger partial charge in [0.1, 0.15) is 17.2 Å². The molecule has 1 amide bonds. The highest BCUT2D eigenvalue weighted by Gasteiger charge is 2.06. The summed E-state index contributed by atoms with van der Waals surface area (Å²) >= 11 is 6.00. The first kappa shape index (κ1) is 16.9. The Morgan fingerprint density at radius 1 is 0.800 bits per heavy atom. The maximum Gasteiger partial charge on any atom is 0.262 e. The lowest BCUT2D eigenvalue weighted by Gasteiger charge is -2.09. The van der Waals surface area contributed by atoms with E-state index < -0.39 is 0 Å². The molecule has 126 valence electrons. The third-order valence-electron chi connectivity index (χ3n) is 3.32. The van der Waals surface area contributed by atoms with Crippen LogP contribution in [0.4, 0.5) is 5.69 Å². The van der Waals surface area contributed by atoms with E-state index in [1.54, 1.807) is 48.5 Å². The molecular weight excluding hydrogens is 338 g/mol. The molecule has 3 aromatic rings. The summed E-state index contributed by atoms with van der Waals surface area (Å²) in [6, 6.07) is 23.6. The number of anilines is 1. The Balaban J connectivity index is 1.51. The van der Waals surface area contributed by atoms with Gasteiger partial charge < -0.3 is 14.8 Å². The van der Waals surface area contributed by atoms with Gasteiger partial charge in [-0.25, -0.2) is 0 Å². The number of benzene rings is 3. The molecule has 0 heterocycles. The summed E-state index contributed by atoms with van der Waals surface area (Å²) in [6.07, 6.45) is 0. The predicted molar refractivity (Wildman–Crippen MR) is 98.5 cm³/mol. The largest absolute Gasteiger partial charge is 0.484 e. The van der Waals surface area contributed by atoms with Crippen LogP contribution in [0.2, 0.25) is 5.02 Å². The maximum atomic E-state index is 11.9. The predicted octanol–water partition coefficient (Wildman–Crippen LogP) is 5.15. The molecular formula is C20H16ClNO3. The Morgan fingerprint density at radius 3 is 2.12 bits per heavy atom. The molecule has 0 fully saturated rings. The van der Waals surface area contributed by atoms with Gasteiger partial charge in [-0.05, 0) is 48.5 Å². The minimum Gasteiger partial charge on any atom is -0.484 e. The van der Waals surface area contributed by atoms with Gasteiger partial charge >= 0.3 is 0 Å². The van der Waals surface area contributed by atoms with Crippen molar-refractivity contribution in [1.29, 1.82) is 0 Å². The minimum absolute atomic E-state index is 0.107. The van der Waals surface area contributed by atoms with Gasteiger partial charge in [-0.2, -0.15) is 0 Å². The van der Waals surface area contributed by atoms with Gasteiger partial charge in [0.05, 0.1) is 10.7 Å². The molecule has 0 saturated heterocycles. The number of para-hydroxylation sites is 2. The number of ether oxygens (including phenoxy) is 2. The maximum absolute atomic E-state index is 11.9. The van der Waals surface area contributed by atoms with Crippen molar-refractivity contribution >= 4 is 23.2 Å². The van der Waals surface area contributed by atoms with Crippen LogP contribution in [0, 0.1) is 0 Å². The standard InChI is InChI=1S/C20H16ClNO3/c21-18-8-4-5-9-19(18)22-20(23)14-24-15-10-12-17(13-11-15)25-16-6-2-1-3-7-16/h1-13H,14H2,(H,22,23). The van der Waals surface area contributed by atoms with Gasteiger partial charge in [-0.15, -0.1) is 0 Å². The number of halogens is 1. The number of hydrogen-bond donors (Lipinski definition) is 1. The molecule has 25 heavy (non-hydrogen) atoms. The van der Waals surface area contributed by atoms with Crippen LogP contribution >= 0.6 is 11.6 Å². The molecule has 0 aliphatic carbocycles. The molecule has 1 N–H and O–H groups in total. The van der Waals surface area contributed by atoms with Crippen LogP contribution in [-0.2, 0) is 4.79 Å². The summed E-state index contributed by atoms with van der Waals surface area (Å²) in [5.74, 6) is 1.75. The number of nitrogens with one attached hydrogen (secondary N) is 1. The van der Waals surface area contributed by atoms with Gasteiger partial charge in [0.2, 0.25) is 0 Å². The van der Waals surface area contributed by atoms with Gasteiger partial charge in [-0.1, -0.05) is 41.9 Å². The molecule has 4 nitrogen and oxygen atoms in total.